The first-order valence-corrected chi connectivity index (χ1v) is 9.53. The maximum atomic E-state index is 11.4. The van der Waals surface area contributed by atoms with Gasteiger partial charge in [-0.1, -0.05) is 46.0 Å². The molecule has 0 unspecified atom stereocenters. The van der Waals surface area contributed by atoms with Crippen molar-refractivity contribution in [2.45, 2.75) is 58.8 Å². The van der Waals surface area contributed by atoms with Crippen LogP contribution in [0.15, 0.2) is 0 Å². The molecule has 0 aromatic heterocycles. The van der Waals surface area contributed by atoms with Crippen molar-refractivity contribution in [2.24, 2.45) is 0 Å². The van der Waals surface area contributed by atoms with E-state index in [1.54, 1.807) is 0 Å². The molecule has 0 atom stereocenters. The van der Waals surface area contributed by atoms with Crippen LogP contribution in [0.1, 0.15) is 58.8 Å². The van der Waals surface area contributed by atoms with Crippen LogP contribution in [0.3, 0.4) is 0 Å². The summed E-state index contributed by atoms with van der Waals surface area (Å²) in [5.74, 6) is 0. The topological polar surface area (TPSA) is 49.4 Å². The number of hydrogen-bond donors (Lipinski definition) is 1. The molecule has 0 aliphatic rings. The normalized spacial score (nSPS) is 12.2. The zero-order valence-corrected chi connectivity index (χ0v) is 13.8. The lowest BCUT2D eigenvalue weighted by Crippen LogP contribution is -2.32. The Hall–Kier alpha value is -0.130. The average Bonchev–Trinajstić information content (AvgIpc) is 2.34. The van der Waals surface area contributed by atoms with E-state index in [4.69, 9.17) is 0 Å². The molecule has 0 saturated carbocycles. The van der Waals surface area contributed by atoms with E-state index in [0.29, 0.717) is 13.1 Å². The fourth-order valence-corrected chi connectivity index (χ4v) is 3.02. The molecule has 0 rings (SSSR count). The summed E-state index contributed by atoms with van der Waals surface area (Å²) in [5, 5.41) is 3.39. The quantitative estimate of drug-likeness (QED) is 0.531. The lowest BCUT2D eigenvalue weighted by atomic mass is 10.1. The number of nitrogens with zero attached hydrogens (tertiary/aromatic N) is 1. The summed E-state index contributed by atoms with van der Waals surface area (Å²) in [7, 11) is -3.02. The number of unbranched alkanes of at least 4 members (excludes halogenated alkanes) is 5. The molecule has 0 spiro atoms. The second-order valence-corrected chi connectivity index (χ2v) is 7.11. The molecular weight excluding hydrogens is 260 g/mol. The summed E-state index contributed by atoms with van der Waals surface area (Å²) in [4.78, 5) is 0. The highest BCUT2D eigenvalue weighted by Gasteiger charge is 2.12. The first-order chi connectivity index (χ1) is 9.02. The highest BCUT2D eigenvalue weighted by Crippen LogP contribution is 2.04. The molecule has 4 nitrogen and oxygen atoms in total. The van der Waals surface area contributed by atoms with E-state index in [0.717, 1.165) is 19.5 Å². The SMILES string of the molecule is CCCCCCCCNCCCN(CC)S(C)(=O)=O. The van der Waals surface area contributed by atoms with Gasteiger partial charge in [0, 0.05) is 13.1 Å². The molecule has 0 radical (unpaired) electrons. The fourth-order valence-electron chi connectivity index (χ4n) is 2.09. The van der Waals surface area contributed by atoms with Crippen LogP contribution >= 0.6 is 0 Å². The number of sulfonamides is 1. The predicted octanol–water partition coefficient (Wildman–Crippen LogP) is 2.61. The van der Waals surface area contributed by atoms with Gasteiger partial charge in [0.2, 0.25) is 10.0 Å². The van der Waals surface area contributed by atoms with Crippen LogP contribution in [0.2, 0.25) is 0 Å². The molecule has 19 heavy (non-hydrogen) atoms. The molecule has 0 saturated heterocycles. The van der Waals surface area contributed by atoms with Crippen LogP contribution in [0.25, 0.3) is 0 Å². The summed E-state index contributed by atoms with van der Waals surface area (Å²) in [6.07, 6.45) is 10.0. The molecule has 0 aromatic rings. The van der Waals surface area contributed by atoms with Gasteiger partial charge in [0.05, 0.1) is 6.26 Å². The molecule has 1 N–H and O–H groups in total. The van der Waals surface area contributed by atoms with Crippen LogP contribution in [0.4, 0.5) is 0 Å². The van der Waals surface area contributed by atoms with Crippen molar-refractivity contribution in [1.29, 1.82) is 0 Å². The number of nitrogens with one attached hydrogen (secondary N) is 1. The Kier molecular flexibility index (Phi) is 11.6. The van der Waals surface area contributed by atoms with Gasteiger partial charge in [-0.2, -0.15) is 0 Å². The van der Waals surface area contributed by atoms with Crippen molar-refractivity contribution in [2.75, 3.05) is 32.4 Å². The molecular formula is C14H32N2O2S. The number of rotatable bonds is 13. The number of hydrogen-bond acceptors (Lipinski definition) is 3. The van der Waals surface area contributed by atoms with Gasteiger partial charge in [0.15, 0.2) is 0 Å². The van der Waals surface area contributed by atoms with Crippen LogP contribution in [0.5, 0.6) is 0 Å². The smallest absolute Gasteiger partial charge is 0.211 e. The van der Waals surface area contributed by atoms with Crippen molar-refractivity contribution >= 4 is 10.0 Å². The van der Waals surface area contributed by atoms with E-state index in [-0.39, 0.29) is 0 Å². The Balaban J connectivity index is 3.35. The zero-order valence-electron chi connectivity index (χ0n) is 13.0. The van der Waals surface area contributed by atoms with E-state index in [2.05, 4.69) is 12.2 Å². The summed E-state index contributed by atoms with van der Waals surface area (Å²) < 4.78 is 24.2. The first kappa shape index (κ1) is 18.9. The molecule has 0 aromatic carbocycles. The second kappa shape index (κ2) is 11.7. The lowest BCUT2D eigenvalue weighted by molar-refractivity contribution is 0.418. The van der Waals surface area contributed by atoms with Crippen molar-refractivity contribution in [1.82, 2.24) is 9.62 Å². The predicted molar refractivity (Wildman–Crippen MR) is 83.0 cm³/mol. The minimum absolute atomic E-state index is 0.566. The van der Waals surface area contributed by atoms with Gasteiger partial charge >= 0.3 is 0 Å². The van der Waals surface area contributed by atoms with Crippen molar-refractivity contribution < 1.29 is 8.42 Å². The van der Waals surface area contributed by atoms with Gasteiger partial charge in [-0.25, -0.2) is 12.7 Å². The third kappa shape index (κ3) is 11.4. The van der Waals surface area contributed by atoms with E-state index in [9.17, 15) is 8.42 Å². The maximum Gasteiger partial charge on any atom is 0.211 e. The third-order valence-electron chi connectivity index (χ3n) is 3.29. The second-order valence-electron chi connectivity index (χ2n) is 5.13. The largest absolute Gasteiger partial charge is 0.317 e. The van der Waals surface area contributed by atoms with Crippen molar-refractivity contribution in [3.8, 4) is 0 Å². The van der Waals surface area contributed by atoms with Gasteiger partial charge in [0.25, 0.3) is 0 Å². The Morgan fingerprint density at radius 2 is 1.47 bits per heavy atom. The summed E-state index contributed by atoms with van der Waals surface area (Å²) in [5.41, 5.74) is 0. The van der Waals surface area contributed by atoms with Crippen LogP contribution in [-0.4, -0.2) is 45.2 Å². The van der Waals surface area contributed by atoms with Gasteiger partial charge in [-0.3, -0.25) is 0 Å². The standard InChI is InChI=1S/C14H32N2O2S/c1-4-6-7-8-9-10-12-15-13-11-14-16(5-2)19(3,17)18/h15H,4-14H2,1-3H3. The Labute approximate surface area is 120 Å². The van der Waals surface area contributed by atoms with Crippen molar-refractivity contribution in [3.05, 3.63) is 0 Å². The van der Waals surface area contributed by atoms with Crippen LogP contribution in [0, 0.1) is 0 Å². The highest BCUT2D eigenvalue weighted by atomic mass is 32.2. The summed E-state index contributed by atoms with van der Waals surface area (Å²) in [6, 6.07) is 0. The molecule has 0 fully saturated rings. The van der Waals surface area contributed by atoms with Gasteiger partial charge in [0.1, 0.15) is 0 Å². The van der Waals surface area contributed by atoms with Gasteiger partial charge in [-0.15, -0.1) is 0 Å². The highest BCUT2D eigenvalue weighted by molar-refractivity contribution is 7.88. The molecule has 0 bridgehead atoms. The molecule has 0 aliphatic heterocycles. The van der Waals surface area contributed by atoms with Crippen LogP contribution in [-0.2, 0) is 10.0 Å². The van der Waals surface area contributed by atoms with Gasteiger partial charge < -0.3 is 5.32 Å². The van der Waals surface area contributed by atoms with Crippen molar-refractivity contribution in [3.63, 3.8) is 0 Å². The minimum atomic E-state index is -3.02. The molecule has 116 valence electrons. The third-order valence-corrected chi connectivity index (χ3v) is 4.67. The lowest BCUT2D eigenvalue weighted by Gasteiger charge is -2.17. The minimum Gasteiger partial charge on any atom is -0.317 e. The zero-order chi connectivity index (χ0) is 14.6. The Morgan fingerprint density at radius 3 is 2.05 bits per heavy atom. The molecule has 0 amide bonds. The Morgan fingerprint density at radius 1 is 0.895 bits per heavy atom. The maximum absolute atomic E-state index is 11.4. The molecule has 0 aliphatic carbocycles. The molecule has 5 heteroatoms. The van der Waals surface area contributed by atoms with Gasteiger partial charge in [-0.05, 0) is 25.9 Å². The summed E-state index contributed by atoms with van der Waals surface area (Å²) in [6.45, 7) is 7.26. The molecule has 0 heterocycles. The van der Waals surface area contributed by atoms with E-state index < -0.39 is 10.0 Å². The Bertz CT molecular complexity index is 292. The van der Waals surface area contributed by atoms with E-state index in [1.807, 2.05) is 6.92 Å². The summed E-state index contributed by atoms with van der Waals surface area (Å²) >= 11 is 0. The van der Waals surface area contributed by atoms with E-state index >= 15 is 0 Å². The van der Waals surface area contributed by atoms with Crippen LogP contribution < -0.4 is 5.32 Å². The average molecular weight is 292 g/mol. The fraction of sp³-hybridized carbons (Fsp3) is 1.00. The monoisotopic (exact) mass is 292 g/mol. The first-order valence-electron chi connectivity index (χ1n) is 7.68. The van der Waals surface area contributed by atoms with E-state index in [1.165, 1.54) is 49.1 Å².